The molecule has 1 aromatic carbocycles. The molecule has 0 atom stereocenters. The minimum atomic E-state index is 0.313. The maximum absolute atomic E-state index is 5.57. The smallest absolute Gasteiger partial charge is 0.321 e. The van der Waals surface area contributed by atoms with E-state index in [2.05, 4.69) is 25.5 Å². The molecular weight excluding hydrogens is 298 g/mol. The van der Waals surface area contributed by atoms with E-state index in [9.17, 15) is 0 Å². The van der Waals surface area contributed by atoms with E-state index >= 15 is 0 Å². The molecule has 2 heterocycles. The lowest BCUT2D eigenvalue weighted by Gasteiger charge is -2.03. The zero-order chi connectivity index (χ0) is 15.2. The summed E-state index contributed by atoms with van der Waals surface area (Å²) in [4.78, 5) is 12.3. The maximum atomic E-state index is 5.57. The predicted molar refractivity (Wildman–Crippen MR) is 86.6 cm³/mol. The lowest BCUT2D eigenvalue weighted by molar-refractivity contribution is 0.441. The van der Waals surface area contributed by atoms with E-state index in [1.165, 1.54) is 11.3 Å². The Hall–Kier alpha value is -2.80. The second-order valence-corrected chi connectivity index (χ2v) is 5.23. The summed E-state index contributed by atoms with van der Waals surface area (Å²) < 4.78 is 5.57. The average molecular weight is 311 g/mol. The maximum Gasteiger partial charge on any atom is 0.321 e. The van der Waals surface area contributed by atoms with Gasteiger partial charge >= 0.3 is 6.01 Å². The van der Waals surface area contributed by atoms with Crippen molar-refractivity contribution in [3.05, 3.63) is 59.4 Å². The predicted octanol–water partition coefficient (Wildman–Crippen LogP) is 3.48. The first-order chi connectivity index (χ1) is 10.8. The van der Waals surface area contributed by atoms with Crippen molar-refractivity contribution >= 4 is 22.7 Å². The van der Waals surface area contributed by atoms with E-state index in [1.807, 2.05) is 36.6 Å². The molecule has 3 rings (SSSR count). The summed E-state index contributed by atoms with van der Waals surface area (Å²) in [5.74, 6) is 0.653. The lowest BCUT2D eigenvalue weighted by Crippen LogP contribution is -1.92. The van der Waals surface area contributed by atoms with Crippen molar-refractivity contribution < 1.29 is 4.74 Å². The van der Waals surface area contributed by atoms with Crippen LogP contribution in [0.1, 0.15) is 11.3 Å². The first kappa shape index (κ1) is 14.2. The van der Waals surface area contributed by atoms with Crippen LogP contribution in [0, 0.1) is 6.92 Å². The summed E-state index contributed by atoms with van der Waals surface area (Å²) in [6.45, 7) is 1.94. The van der Waals surface area contributed by atoms with Gasteiger partial charge in [-0.3, -0.25) is 5.43 Å². The molecule has 1 N–H and O–H groups in total. The molecular formula is C15H13N5OS. The van der Waals surface area contributed by atoms with Gasteiger partial charge in [0.15, 0.2) is 0 Å². The van der Waals surface area contributed by atoms with Crippen molar-refractivity contribution in [1.29, 1.82) is 0 Å². The van der Waals surface area contributed by atoms with E-state index < -0.39 is 0 Å². The number of anilines is 1. The quantitative estimate of drug-likeness (QED) is 0.577. The topological polar surface area (TPSA) is 72.3 Å². The highest BCUT2D eigenvalue weighted by atomic mass is 32.1. The number of hydrazone groups is 1. The molecule has 0 radical (unpaired) electrons. The molecule has 7 heteroatoms. The Balaban J connectivity index is 1.66. The number of hydrogen-bond donors (Lipinski definition) is 1. The van der Waals surface area contributed by atoms with E-state index in [1.54, 1.807) is 24.7 Å². The largest absolute Gasteiger partial charge is 0.424 e. The molecule has 6 nitrogen and oxygen atoms in total. The zero-order valence-corrected chi connectivity index (χ0v) is 12.6. The number of ether oxygens (including phenoxy) is 1. The van der Waals surface area contributed by atoms with Crippen LogP contribution in [0.4, 0.5) is 5.13 Å². The molecule has 0 saturated carbocycles. The third kappa shape index (κ3) is 3.86. The third-order valence-electron chi connectivity index (χ3n) is 2.60. The van der Waals surface area contributed by atoms with E-state index in [0.29, 0.717) is 11.8 Å². The Morgan fingerprint density at radius 1 is 1.23 bits per heavy atom. The molecule has 110 valence electrons. The summed E-state index contributed by atoms with van der Waals surface area (Å²) in [5.41, 5.74) is 4.76. The van der Waals surface area contributed by atoms with Crippen LogP contribution in [-0.2, 0) is 0 Å². The molecule has 0 fully saturated rings. The van der Waals surface area contributed by atoms with Gasteiger partial charge in [0.1, 0.15) is 5.75 Å². The molecule has 0 aliphatic rings. The van der Waals surface area contributed by atoms with Crippen molar-refractivity contribution in [1.82, 2.24) is 15.0 Å². The lowest BCUT2D eigenvalue weighted by atomic mass is 10.2. The van der Waals surface area contributed by atoms with Crippen LogP contribution in [-0.4, -0.2) is 21.2 Å². The molecule has 2 aromatic heterocycles. The number of benzene rings is 1. The monoisotopic (exact) mass is 311 g/mol. The molecule has 0 saturated heterocycles. The Labute approximate surface area is 131 Å². The number of aryl methyl sites for hydroxylation is 1. The van der Waals surface area contributed by atoms with Crippen molar-refractivity contribution in [2.24, 2.45) is 5.10 Å². The fraction of sp³-hybridized carbons (Fsp3) is 0.0667. The molecule has 0 aliphatic carbocycles. The van der Waals surface area contributed by atoms with E-state index in [0.717, 1.165) is 16.4 Å². The van der Waals surface area contributed by atoms with Gasteiger partial charge < -0.3 is 4.74 Å². The van der Waals surface area contributed by atoms with Gasteiger partial charge in [-0.05, 0) is 30.7 Å². The number of nitrogens with one attached hydrogen (secondary N) is 1. The SMILES string of the molecule is Cc1csc(NN=Cc2cccc(Oc3ncccn3)c2)n1. The van der Waals surface area contributed by atoms with Gasteiger partial charge in [-0.1, -0.05) is 12.1 Å². The molecule has 3 aromatic rings. The fourth-order valence-electron chi connectivity index (χ4n) is 1.67. The van der Waals surface area contributed by atoms with Crippen molar-refractivity contribution in [3.8, 4) is 11.8 Å². The van der Waals surface area contributed by atoms with Gasteiger partial charge in [-0.2, -0.15) is 5.10 Å². The van der Waals surface area contributed by atoms with Crippen molar-refractivity contribution in [2.75, 3.05) is 5.43 Å². The number of thiazole rings is 1. The van der Waals surface area contributed by atoms with Crippen LogP contribution in [0.15, 0.2) is 53.2 Å². The van der Waals surface area contributed by atoms with Gasteiger partial charge in [-0.25, -0.2) is 15.0 Å². The Kier molecular flexibility index (Phi) is 4.35. The summed E-state index contributed by atoms with van der Waals surface area (Å²) in [6.07, 6.45) is 4.97. The van der Waals surface area contributed by atoms with E-state index in [-0.39, 0.29) is 0 Å². The number of rotatable bonds is 5. The molecule has 0 unspecified atom stereocenters. The van der Waals surface area contributed by atoms with Gasteiger partial charge in [0.05, 0.1) is 11.9 Å². The standard InChI is InChI=1S/C15H13N5OS/c1-11-10-22-15(19-11)20-18-9-12-4-2-5-13(8-12)21-14-16-6-3-7-17-14/h2-10H,1H3,(H,19,20). The van der Waals surface area contributed by atoms with Crippen LogP contribution >= 0.6 is 11.3 Å². The van der Waals surface area contributed by atoms with Gasteiger partial charge in [0.25, 0.3) is 0 Å². The molecule has 22 heavy (non-hydrogen) atoms. The van der Waals surface area contributed by atoms with Crippen LogP contribution < -0.4 is 10.2 Å². The van der Waals surface area contributed by atoms with Crippen LogP contribution in [0.5, 0.6) is 11.8 Å². The summed E-state index contributed by atoms with van der Waals surface area (Å²) in [6, 6.07) is 9.56. The zero-order valence-electron chi connectivity index (χ0n) is 11.8. The molecule has 0 spiro atoms. The Morgan fingerprint density at radius 3 is 2.86 bits per heavy atom. The van der Waals surface area contributed by atoms with Gasteiger partial charge in [-0.15, -0.1) is 11.3 Å². The highest BCUT2D eigenvalue weighted by Crippen LogP contribution is 2.18. The van der Waals surface area contributed by atoms with Gasteiger partial charge in [0.2, 0.25) is 5.13 Å². The number of nitrogens with zero attached hydrogens (tertiary/aromatic N) is 4. The second-order valence-electron chi connectivity index (χ2n) is 4.37. The average Bonchev–Trinajstić information content (AvgIpc) is 2.94. The highest BCUT2D eigenvalue weighted by molar-refractivity contribution is 7.13. The normalized spacial score (nSPS) is 10.8. The highest BCUT2D eigenvalue weighted by Gasteiger charge is 2.00. The third-order valence-corrected chi connectivity index (χ3v) is 3.47. The molecule has 0 amide bonds. The fourth-order valence-corrected chi connectivity index (χ4v) is 2.31. The number of aromatic nitrogens is 3. The van der Waals surface area contributed by atoms with Crippen LogP contribution in [0.2, 0.25) is 0 Å². The first-order valence-corrected chi connectivity index (χ1v) is 7.44. The van der Waals surface area contributed by atoms with Crippen molar-refractivity contribution in [2.45, 2.75) is 6.92 Å². The summed E-state index contributed by atoms with van der Waals surface area (Å²) in [7, 11) is 0. The van der Waals surface area contributed by atoms with Crippen molar-refractivity contribution in [3.63, 3.8) is 0 Å². The minimum Gasteiger partial charge on any atom is -0.424 e. The molecule has 0 bridgehead atoms. The van der Waals surface area contributed by atoms with Gasteiger partial charge in [0, 0.05) is 17.8 Å². The molecule has 0 aliphatic heterocycles. The Bertz CT molecular complexity index is 772. The van der Waals surface area contributed by atoms with E-state index in [4.69, 9.17) is 4.74 Å². The number of hydrogen-bond acceptors (Lipinski definition) is 7. The summed E-state index contributed by atoms with van der Waals surface area (Å²) >= 11 is 1.51. The Morgan fingerprint density at radius 2 is 2.09 bits per heavy atom. The second kappa shape index (κ2) is 6.77. The first-order valence-electron chi connectivity index (χ1n) is 6.56. The summed E-state index contributed by atoms with van der Waals surface area (Å²) in [5, 5.41) is 6.89. The van der Waals surface area contributed by atoms with Crippen LogP contribution in [0.3, 0.4) is 0 Å². The van der Waals surface area contributed by atoms with Crippen LogP contribution in [0.25, 0.3) is 0 Å². The minimum absolute atomic E-state index is 0.313.